The first-order valence-electron chi connectivity index (χ1n) is 4.88. The molecule has 1 aromatic carbocycles. The van der Waals surface area contributed by atoms with Crippen LogP contribution in [-0.2, 0) is 15.6 Å². The summed E-state index contributed by atoms with van der Waals surface area (Å²) < 4.78 is 11.9. The predicted molar refractivity (Wildman–Crippen MR) is 63.2 cm³/mol. The minimum absolute atomic E-state index is 0.0764. The van der Waals surface area contributed by atoms with Gasteiger partial charge in [-0.3, -0.25) is 9.00 Å². The number of carboxylic acid groups (broad SMARTS) is 1. The predicted octanol–water partition coefficient (Wildman–Crippen LogP) is 0.675. The zero-order valence-corrected chi connectivity index (χ0v) is 10.3. The molecule has 1 amide bonds. The molecule has 0 aromatic heterocycles. The van der Waals surface area contributed by atoms with Gasteiger partial charge in [0.1, 0.15) is 5.25 Å². The van der Waals surface area contributed by atoms with Crippen LogP contribution >= 0.6 is 0 Å². The molecule has 0 spiro atoms. The van der Waals surface area contributed by atoms with E-state index in [1.807, 2.05) is 0 Å². The van der Waals surface area contributed by atoms with Gasteiger partial charge in [-0.25, -0.2) is 4.79 Å². The number of carboxylic acids is 1. The summed E-state index contributed by atoms with van der Waals surface area (Å²) >= 11 is 0. The van der Waals surface area contributed by atoms with E-state index in [4.69, 9.17) is 10.8 Å². The minimum Gasteiger partial charge on any atom is -0.478 e. The zero-order valence-electron chi connectivity index (χ0n) is 9.47. The van der Waals surface area contributed by atoms with Crippen LogP contribution in [0, 0.1) is 6.92 Å². The Morgan fingerprint density at radius 3 is 2.47 bits per heavy atom. The van der Waals surface area contributed by atoms with Gasteiger partial charge >= 0.3 is 5.97 Å². The highest BCUT2D eigenvalue weighted by Crippen LogP contribution is 2.16. The third-order valence-corrected chi connectivity index (χ3v) is 3.99. The van der Waals surface area contributed by atoms with Gasteiger partial charge in [0.25, 0.3) is 0 Å². The molecule has 2 atom stereocenters. The van der Waals surface area contributed by atoms with Crippen molar-refractivity contribution in [1.82, 2.24) is 0 Å². The average molecular weight is 255 g/mol. The highest BCUT2D eigenvalue weighted by molar-refractivity contribution is 7.86. The molecule has 17 heavy (non-hydrogen) atoms. The second kappa shape index (κ2) is 5.09. The van der Waals surface area contributed by atoms with Crippen LogP contribution in [-0.4, -0.2) is 26.4 Å². The summed E-state index contributed by atoms with van der Waals surface area (Å²) in [5, 5.41) is 8.08. The molecule has 3 N–H and O–H groups in total. The summed E-state index contributed by atoms with van der Waals surface area (Å²) in [7, 11) is -1.63. The lowest BCUT2D eigenvalue weighted by atomic mass is 10.1. The number of carbonyl (C=O) groups excluding carboxylic acids is 1. The van der Waals surface area contributed by atoms with Crippen molar-refractivity contribution in [3.05, 3.63) is 29.3 Å². The molecule has 0 saturated carbocycles. The van der Waals surface area contributed by atoms with E-state index in [1.165, 1.54) is 19.1 Å². The van der Waals surface area contributed by atoms with Crippen LogP contribution in [0.2, 0.25) is 0 Å². The van der Waals surface area contributed by atoms with Gasteiger partial charge in [-0.15, -0.1) is 0 Å². The fourth-order valence-corrected chi connectivity index (χ4v) is 2.32. The Balaban J connectivity index is 3.16. The SMILES string of the molecule is Cc1ccc(S(=O)C(C)C(N)=O)cc1C(=O)O. The second-order valence-corrected chi connectivity index (χ2v) is 5.40. The summed E-state index contributed by atoms with van der Waals surface area (Å²) in [6, 6.07) is 4.41. The van der Waals surface area contributed by atoms with Crippen LogP contribution < -0.4 is 5.73 Å². The summed E-state index contributed by atoms with van der Waals surface area (Å²) in [5.74, 6) is -1.77. The van der Waals surface area contributed by atoms with E-state index in [0.29, 0.717) is 10.5 Å². The largest absolute Gasteiger partial charge is 0.478 e. The van der Waals surface area contributed by atoms with Crippen molar-refractivity contribution in [2.45, 2.75) is 24.0 Å². The van der Waals surface area contributed by atoms with Crippen molar-refractivity contribution in [2.24, 2.45) is 5.73 Å². The van der Waals surface area contributed by atoms with E-state index in [-0.39, 0.29) is 5.56 Å². The molecular weight excluding hydrogens is 242 g/mol. The van der Waals surface area contributed by atoms with Crippen LogP contribution in [0.5, 0.6) is 0 Å². The number of nitrogens with two attached hydrogens (primary N) is 1. The van der Waals surface area contributed by atoms with Gasteiger partial charge in [-0.05, 0) is 31.5 Å². The Morgan fingerprint density at radius 2 is 2.00 bits per heavy atom. The fourth-order valence-electron chi connectivity index (χ4n) is 1.27. The monoisotopic (exact) mass is 255 g/mol. The molecule has 0 aliphatic carbocycles. The highest BCUT2D eigenvalue weighted by Gasteiger charge is 2.20. The molecule has 0 radical (unpaired) electrons. The number of benzene rings is 1. The molecule has 0 fully saturated rings. The Hall–Kier alpha value is -1.69. The van der Waals surface area contributed by atoms with Crippen LogP contribution in [0.15, 0.2) is 23.1 Å². The van der Waals surface area contributed by atoms with E-state index in [9.17, 15) is 13.8 Å². The normalized spacial score (nSPS) is 14.0. The maximum Gasteiger partial charge on any atom is 0.335 e. The van der Waals surface area contributed by atoms with Crippen molar-refractivity contribution >= 4 is 22.7 Å². The van der Waals surface area contributed by atoms with Gasteiger partial charge in [0.15, 0.2) is 0 Å². The number of hydrogen-bond acceptors (Lipinski definition) is 3. The van der Waals surface area contributed by atoms with Crippen molar-refractivity contribution < 1.29 is 18.9 Å². The van der Waals surface area contributed by atoms with Crippen LogP contribution in [0.25, 0.3) is 0 Å². The van der Waals surface area contributed by atoms with E-state index >= 15 is 0 Å². The first-order chi connectivity index (χ1) is 7.84. The second-order valence-electron chi connectivity index (χ2n) is 3.62. The Morgan fingerprint density at radius 1 is 1.41 bits per heavy atom. The fraction of sp³-hybridized carbons (Fsp3) is 0.273. The quantitative estimate of drug-likeness (QED) is 0.826. The van der Waals surface area contributed by atoms with Crippen molar-refractivity contribution in [2.75, 3.05) is 0 Å². The maximum absolute atomic E-state index is 11.9. The molecule has 5 nitrogen and oxygen atoms in total. The number of carbonyl (C=O) groups is 2. The summed E-state index contributed by atoms with van der Waals surface area (Å²) in [6.45, 7) is 3.09. The van der Waals surface area contributed by atoms with Gasteiger partial charge in [0, 0.05) is 4.90 Å². The lowest BCUT2D eigenvalue weighted by Crippen LogP contribution is -2.29. The molecule has 0 saturated heterocycles. The smallest absolute Gasteiger partial charge is 0.335 e. The first-order valence-corrected chi connectivity index (χ1v) is 6.09. The molecule has 92 valence electrons. The molecule has 6 heteroatoms. The number of primary amides is 1. The van der Waals surface area contributed by atoms with E-state index in [0.717, 1.165) is 0 Å². The molecule has 0 aliphatic heterocycles. The van der Waals surface area contributed by atoms with E-state index in [2.05, 4.69) is 0 Å². The van der Waals surface area contributed by atoms with Crippen molar-refractivity contribution in [1.29, 1.82) is 0 Å². The van der Waals surface area contributed by atoms with Gasteiger partial charge in [-0.1, -0.05) is 6.07 Å². The standard InChI is InChI=1S/C11H13NO4S/c1-6-3-4-8(5-9(6)11(14)15)17(16)7(2)10(12)13/h3-5,7H,1-2H3,(H2,12,13)(H,14,15). The molecule has 1 rings (SSSR count). The summed E-state index contributed by atoms with van der Waals surface area (Å²) in [4.78, 5) is 22.1. The number of amides is 1. The first kappa shape index (κ1) is 13.4. The Kier molecular flexibility index (Phi) is 4.01. The topological polar surface area (TPSA) is 97.5 Å². The van der Waals surface area contributed by atoms with Gasteiger partial charge in [0.05, 0.1) is 16.4 Å². The van der Waals surface area contributed by atoms with E-state index < -0.39 is 27.9 Å². The molecule has 0 aliphatic rings. The lowest BCUT2D eigenvalue weighted by molar-refractivity contribution is -0.117. The molecular formula is C11H13NO4S. The maximum atomic E-state index is 11.9. The molecule has 1 aromatic rings. The third-order valence-electron chi connectivity index (χ3n) is 2.39. The van der Waals surface area contributed by atoms with Crippen LogP contribution in [0.3, 0.4) is 0 Å². The van der Waals surface area contributed by atoms with Gasteiger partial charge < -0.3 is 10.8 Å². The third kappa shape index (κ3) is 2.91. The number of aromatic carboxylic acids is 1. The van der Waals surface area contributed by atoms with Crippen molar-refractivity contribution in [3.8, 4) is 0 Å². The van der Waals surface area contributed by atoms with Gasteiger partial charge in [0.2, 0.25) is 5.91 Å². The minimum atomic E-state index is -1.63. The summed E-state index contributed by atoms with van der Waals surface area (Å²) in [5.41, 5.74) is 5.70. The van der Waals surface area contributed by atoms with Gasteiger partial charge in [-0.2, -0.15) is 0 Å². The number of aryl methyl sites for hydroxylation is 1. The summed E-state index contributed by atoms with van der Waals surface area (Å²) in [6.07, 6.45) is 0. The lowest BCUT2D eigenvalue weighted by Gasteiger charge is -2.09. The van der Waals surface area contributed by atoms with Crippen molar-refractivity contribution in [3.63, 3.8) is 0 Å². The number of rotatable bonds is 4. The Bertz CT molecular complexity index is 498. The molecule has 0 heterocycles. The zero-order chi connectivity index (χ0) is 13.2. The van der Waals surface area contributed by atoms with Crippen LogP contribution in [0.1, 0.15) is 22.8 Å². The molecule has 2 unspecified atom stereocenters. The van der Waals surface area contributed by atoms with Crippen LogP contribution in [0.4, 0.5) is 0 Å². The Labute approximate surface area is 101 Å². The molecule has 0 bridgehead atoms. The highest BCUT2D eigenvalue weighted by atomic mass is 32.2. The van der Waals surface area contributed by atoms with E-state index in [1.54, 1.807) is 13.0 Å². The average Bonchev–Trinajstić information content (AvgIpc) is 2.27. The number of hydrogen-bond donors (Lipinski definition) is 2.